The van der Waals surface area contributed by atoms with Crippen LogP contribution in [0.3, 0.4) is 0 Å². The largest absolute Gasteiger partial charge is 0.491 e. The number of halogens is 2. The number of hydrogen-bond donors (Lipinski definition) is 1. The number of carbonyl (C=O) groups excluding carboxylic acids is 1. The van der Waals surface area contributed by atoms with Gasteiger partial charge in [-0.05, 0) is 44.0 Å². The minimum absolute atomic E-state index is 0.0693. The Balaban J connectivity index is 1.28. The van der Waals surface area contributed by atoms with Gasteiger partial charge in [0, 0.05) is 30.1 Å². The van der Waals surface area contributed by atoms with Crippen LogP contribution in [0.5, 0.6) is 5.75 Å². The van der Waals surface area contributed by atoms with Crippen LogP contribution in [0.25, 0.3) is 10.6 Å². The van der Waals surface area contributed by atoms with Gasteiger partial charge >= 0.3 is 0 Å². The molecular formula is C23H22F2N4O2S. The molecule has 6 nitrogen and oxygen atoms in total. The first kappa shape index (κ1) is 21.0. The maximum atomic E-state index is 14.0. The lowest BCUT2D eigenvalue weighted by atomic mass is 9.79. The molecule has 3 fully saturated rings. The van der Waals surface area contributed by atoms with E-state index in [1.165, 1.54) is 43.6 Å². The summed E-state index contributed by atoms with van der Waals surface area (Å²) in [7, 11) is 0. The lowest BCUT2D eigenvalue weighted by Gasteiger charge is -2.44. The van der Waals surface area contributed by atoms with E-state index in [0.717, 1.165) is 30.0 Å². The molecule has 6 rings (SSSR count). The van der Waals surface area contributed by atoms with Crippen LogP contribution in [0.15, 0.2) is 42.0 Å². The molecule has 3 aromatic rings. The standard InChI is InChI=1S/C23H22F2N4O2S/c24-16-2-1-3-17(25)21(16)23-28-19(13-32-23)22(30)27-18-10-26-7-4-20(18)31-12-15-11-29-8-5-14(15)6-9-29/h1-4,7,10,13-15H,5-6,8-9,11-12H2,(H,27,30). The van der Waals surface area contributed by atoms with Crippen molar-refractivity contribution in [3.63, 3.8) is 0 Å². The van der Waals surface area contributed by atoms with Crippen LogP contribution in [-0.2, 0) is 0 Å². The summed E-state index contributed by atoms with van der Waals surface area (Å²) in [6.45, 7) is 3.97. The number of pyridine rings is 1. The van der Waals surface area contributed by atoms with E-state index in [1.807, 2.05) is 0 Å². The zero-order valence-corrected chi connectivity index (χ0v) is 18.1. The molecule has 3 saturated heterocycles. The summed E-state index contributed by atoms with van der Waals surface area (Å²) < 4.78 is 34.2. The van der Waals surface area contributed by atoms with E-state index in [9.17, 15) is 13.6 Å². The number of fused-ring (bicyclic) bond motifs is 3. The number of aromatic nitrogens is 2. The van der Waals surface area contributed by atoms with Crippen molar-refractivity contribution in [3.05, 3.63) is 59.4 Å². The number of piperidine rings is 3. The molecule has 2 aromatic heterocycles. The quantitative estimate of drug-likeness (QED) is 0.593. The Kier molecular flexibility index (Phi) is 5.84. The molecule has 1 unspecified atom stereocenters. The van der Waals surface area contributed by atoms with Gasteiger partial charge in [0.05, 0.1) is 18.4 Å². The van der Waals surface area contributed by atoms with Crippen molar-refractivity contribution in [2.45, 2.75) is 12.8 Å². The second-order valence-electron chi connectivity index (χ2n) is 8.17. The molecule has 0 radical (unpaired) electrons. The van der Waals surface area contributed by atoms with Crippen molar-refractivity contribution in [3.8, 4) is 16.3 Å². The van der Waals surface area contributed by atoms with Gasteiger partial charge in [0.25, 0.3) is 5.91 Å². The van der Waals surface area contributed by atoms with Crippen LogP contribution in [0.1, 0.15) is 23.3 Å². The van der Waals surface area contributed by atoms with Crippen LogP contribution in [0.2, 0.25) is 0 Å². The molecule has 0 aliphatic carbocycles. The highest BCUT2D eigenvalue weighted by Gasteiger charge is 2.34. The topological polar surface area (TPSA) is 67.3 Å². The number of anilines is 1. The summed E-state index contributed by atoms with van der Waals surface area (Å²) in [5.74, 6) is -0.229. The Morgan fingerprint density at radius 1 is 1.22 bits per heavy atom. The number of carbonyl (C=O) groups is 1. The molecule has 2 bridgehead atoms. The minimum atomic E-state index is -0.720. The van der Waals surface area contributed by atoms with Gasteiger partial charge in [-0.15, -0.1) is 11.3 Å². The number of nitrogens with one attached hydrogen (secondary N) is 1. The van der Waals surface area contributed by atoms with Gasteiger partial charge in [0.1, 0.15) is 33.8 Å². The summed E-state index contributed by atoms with van der Waals surface area (Å²) in [5, 5.41) is 4.34. The third-order valence-corrected chi connectivity index (χ3v) is 7.05. The number of nitrogens with zero attached hydrogens (tertiary/aromatic N) is 3. The number of hydrogen-bond acceptors (Lipinski definition) is 6. The minimum Gasteiger partial charge on any atom is -0.491 e. The van der Waals surface area contributed by atoms with Crippen molar-refractivity contribution in [1.82, 2.24) is 14.9 Å². The number of amides is 1. The SMILES string of the molecule is O=C(Nc1cnccc1OCC1CN2CCC1CC2)c1csc(-c2c(F)cccc2F)n1. The number of ether oxygens (including phenoxy) is 1. The monoisotopic (exact) mass is 456 g/mol. The van der Waals surface area contributed by atoms with E-state index in [1.54, 1.807) is 12.3 Å². The average molecular weight is 457 g/mol. The third-order valence-electron chi connectivity index (χ3n) is 6.19. The molecular weight excluding hydrogens is 434 g/mol. The Bertz CT molecular complexity index is 1110. The highest BCUT2D eigenvalue weighted by molar-refractivity contribution is 7.13. The van der Waals surface area contributed by atoms with E-state index < -0.39 is 17.5 Å². The second kappa shape index (κ2) is 8.91. The van der Waals surface area contributed by atoms with Gasteiger partial charge in [0.15, 0.2) is 0 Å². The molecule has 5 heterocycles. The zero-order valence-electron chi connectivity index (χ0n) is 17.3. The maximum absolute atomic E-state index is 14.0. The van der Waals surface area contributed by atoms with Crippen LogP contribution >= 0.6 is 11.3 Å². The Hall–Kier alpha value is -2.91. The van der Waals surface area contributed by atoms with E-state index in [4.69, 9.17) is 4.74 Å². The van der Waals surface area contributed by atoms with E-state index in [-0.39, 0.29) is 16.3 Å². The molecule has 0 saturated carbocycles. The van der Waals surface area contributed by atoms with Crippen LogP contribution in [0.4, 0.5) is 14.5 Å². The van der Waals surface area contributed by atoms with E-state index >= 15 is 0 Å². The third kappa shape index (κ3) is 4.22. The second-order valence-corrected chi connectivity index (χ2v) is 9.03. The van der Waals surface area contributed by atoms with Crippen molar-refractivity contribution in [1.29, 1.82) is 0 Å². The first-order chi connectivity index (χ1) is 15.6. The molecule has 1 atom stereocenters. The van der Waals surface area contributed by atoms with Crippen molar-refractivity contribution < 1.29 is 18.3 Å². The fourth-order valence-corrected chi connectivity index (χ4v) is 5.30. The first-order valence-corrected chi connectivity index (χ1v) is 11.5. The van der Waals surface area contributed by atoms with Gasteiger partial charge in [-0.1, -0.05) is 6.07 Å². The van der Waals surface area contributed by atoms with Crippen LogP contribution in [-0.4, -0.2) is 47.0 Å². The highest BCUT2D eigenvalue weighted by Crippen LogP contribution is 2.34. The summed E-state index contributed by atoms with van der Waals surface area (Å²) >= 11 is 1.01. The lowest BCUT2D eigenvalue weighted by Crippen LogP contribution is -2.49. The predicted molar refractivity (Wildman–Crippen MR) is 118 cm³/mol. The summed E-state index contributed by atoms with van der Waals surface area (Å²) in [4.78, 5) is 23.4. The first-order valence-electron chi connectivity index (χ1n) is 10.6. The summed E-state index contributed by atoms with van der Waals surface area (Å²) in [5.41, 5.74) is 0.268. The molecule has 0 spiro atoms. The molecule has 166 valence electrons. The predicted octanol–water partition coefficient (Wildman–Crippen LogP) is 4.46. The van der Waals surface area contributed by atoms with Crippen molar-refractivity contribution >= 4 is 22.9 Å². The maximum Gasteiger partial charge on any atom is 0.275 e. The molecule has 3 aliphatic rings. The van der Waals surface area contributed by atoms with E-state index in [2.05, 4.69) is 20.2 Å². The molecule has 32 heavy (non-hydrogen) atoms. The Morgan fingerprint density at radius 2 is 2.00 bits per heavy atom. The number of rotatable bonds is 6. The number of benzene rings is 1. The zero-order chi connectivity index (χ0) is 22.1. The normalized spacial score (nSPS) is 22.0. The van der Waals surface area contributed by atoms with Gasteiger partial charge in [-0.25, -0.2) is 13.8 Å². The molecule has 3 aliphatic heterocycles. The summed E-state index contributed by atoms with van der Waals surface area (Å²) in [6, 6.07) is 5.33. The van der Waals surface area contributed by atoms with Gasteiger partial charge in [-0.2, -0.15) is 0 Å². The molecule has 1 N–H and O–H groups in total. The van der Waals surface area contributed by atoms with Gasteiger partial charge in [0.2, 0.25) is 0 Å². The lowest BCUT2D eigenvalue weighted by molar-refractivity contribution is 0.0258. The van der Waals surface area contributed by atoms with Crippen LogP contribution < -0.4 is 10.1 Å². The van der Waals surface area contributed by atoms with E-state index in [0.29, 0.717) is 29.9 Å². The molecule has 1 aromatic carbocycles. The van der Waals surface area contributed by atoms with Crippen LogP contribution in [0, 0.1) is 23.5 Å². The fourth-order valence-electron chi connectivity index (χ4n) is 4.46. The number of thiazole rings is 1. The molecule has 9 heteroatoms. The van der Waals surface area contributed by atoms with Gasteiger partial charge < -0.3 is 15.0 Å². The van der Waals surface area contributed by atoms with Crippen molar-refractivity contribution in [2.75, 3.05) is 31.6 Å². The smallest absolute Gasteiger partial charge is 0.275 e. The van der Waals surface area contributed by atoms with Gasteiger partial charge in [-0.3, -0.25) is 9.78 Å². The summed E-state index contributed by atoms with van der Waals surface area (Å²) in [6.07, 6.45) is 5.56. The fraction of sp³-hybridized carbons (Fsp3) is 0.348. The molecule has 1 amide bonds. The Morgan fingerprint density at radius 3 is 2.72 bits per heavy atom. The highest BCUT2D eigenvalue weighted by atomic mass is 32.1. The Labute approximate surface area is 188 Å². The average Bonchev–Trinajstić information content (AvgIpc) is 3.29. The van der Waals surface area contributed by atoms with Crippen molar-refractivity contribution in [2.24, 2.45) is 11.8 Å².